The highest BCUT2D eigenvalue weighted by atomic mass is 32.1. The molecule has 1 fully saturated rings. The molecule has 0 radical (unpaired) electrons. The van der Waals surface area contributed by atoms with E-state index in [0.717, 1.165) is 22.5 Å². The molecule has 15 nitrogen and oxygen atoms in total. The van der Waals surface area contributed by atoms with E-state index >= 15 is 0 Å². The molecular formula is C25H25N11O4S. The van der Waals surface area contributed by atoms with Crippen molar-refractivity contribution in [2.75, 3.05) is 41.4 Å². The van der Waals surface area contributed by atoms with Gasteiger partial charge in [0, 0.05) is 24.2 Å². The number of tetrazole rings is 1. The van der Waals surface area contributed by atoms with Crippen molar-refractivity contribution in [1.29, 1.82) is 0 Å². The zero-order valence-electron chi connectivity index (χ0n) is 22.2. The first-order valence-electron chi connectivity index (χ1n) is 12.9. The maximum atomic E-state index is 13.4. The molecule has 16 heteroatoms. The van der Waals surface area contributed by atoms with Gasteiger partial charge in [0.05, 0.1) is 31.8 Å². The van der Waals surface area contributed by atoms with Crippen LogP contribution in [0.3, 0.4) is 0 Å². The minimum atomic E-state index is -0.456. The summed E-state index contributed by atoms with van der Waals surface area (Å²) < 4.78 is 5.13. The minimum absolute atomic E-state index is 0.0802. The second-order valence-electron chi connectivity index (χ2n) is 9.27. The Morgan fingerprint density at radius 2 is 2.00 bits per heavy atom. The summed E-state index contributed by atoms with van der Waals surface area (Å²) in [5, 5.41) is 20.6. The van der Waals surface area contributed by atoms with Crippen molar-refractivity contribution in [1.82, 2.24) is 40.9 Å². The van der Waals surface area contributed by atoms with Crippen LogP contribution in [0.2, 0.25) is 0 Å². The molecular weight excluding hydrogens is 550 g/mol. The van der Waals surface area contributed by atoms with Crippen LogP contribution in [0.4, 0.5) is 22.7 Å². The number of carbonyl (C=O) groups is 3. The van der Waals surface area contributed by atoms with Crippen LogP contribution in [0, 0.1) is 6.92 Å². The van der Waals surface area contributed by atoms with E-state index in [4.69, 9.17) is 14.7 Å². The van der Waals surface area contributed by atoms with E-state index in [0.29, 0.717) is 51.8 Å². The number of esters is 1. The number of aromatic amines is 1. The average molecular weight is 576 g/mol. The van der Waals surface area contributed by atoms with Crippen LogP contribution in [-0.2, 0) is 27.3 Å². The van der Waals surface area contributed by atoms with Crippen LogP contribution < -0.4 is 20.4 Å². The van der Waals surface area contributed by atoms with Gasteiger partial charge in [-0.2, -0.15) is 15.2 Å². The molecule has 41 heavy (non-hydrogen) atoms. The van der Waals surface area contributed by atoms with Crippen LogP contribution in [0.1, 0.15) is 33.4 Å². The number of thiazole rings is 1. The third-order valence-electron chi connectivity index (χ3n) is 6.59. The summed E-state index contributed by atoms with van der Waals surface area (Å²) in [6, 6.07) is 7.48. The summed E-state index contributed by atoms with van der Waals surface area (Å²) in [5.74, 6) is 0.759. The number of aryl methyl sites for hydroxylation is 1. The second-order valence-corrected chi connectivity index (χ2v) is 10.3. The van der Waals surface area contributed by atoms with Gasteiger partial charge in [-0.3, -0.25) is 19.8 Å². The van der Waals surface area contributed by atoms with Crippen molar-refractivity contribution in [3.8, 4) is 11.4 Å². The number of aromatic nitrogens is 7. The minimum Gasteiger partial charge on any atom is -0.462 e. The number of benzene rings is 1. The normalized spacial score (nSPS) is 14.7. The Balaban J connectivity index is 1.39. The van der Waals surface area contributed by atoms with E-state index in [1.54, 1.807) is 18.7 Å². The number of ether oxygens (including phenoxy) is 1. The molecule has 0 atom stereocenters. The predicted molar refractivity (Wildman–Crippen MR) is 148 cm³/mol. The van der Waals surface area contributed by atoms with E-state index in [1.807, 2.05) is 29.2 Å². The molecule has 2 amide bonds. The molecule has 0 bridgehead atoms. The average Bonchev–Trinajstić information content (AvgIpc) is 3.69. The number of H-pyrrole nitrogens is 1. The van der Waals surface area contributed by atoms with Crippen molar-refractivity contribution in [2.45, 2.75) is 26.8 Å². The first-order valence-corrected chi connectivity index (χ1v) is 13.7. The lowest BCUT2D eigenvalue weighted by molar-refractivity contribution is -0.120. The van der Waals surface area contributed by atoms with Gasteiger partial charge in [-0.25, -0.2) is 9.78 Å². The Hall–Kier alpha value is -4.99. The van der Waals surface area contributed by atoms with Gasteiger partial charge in [0.25, 0.3) is 0 Å². The summed E-state index contributed by atoms with van der Waals surface area (Å²) in [5.41, 5.74) is 2.68. The summed E-state index contributed by atoms with van der Waals surface area (Å²) in [4.78, 5) is 55.7. The molecule has 0 saturated carbocycles. The fourth-order valence-electron chi connectivity index (χ4n) is 4.76. The van der Waals surface area contributed by atoms with Crippen molar-refractivity contribution in [2.24, 2.45) is 0 Å². The molecule has 0 unspecified atom stereocenters. The Labute approximate surface area is 237 Å². The Kier molecular flexibility index (Phi) is 6.96. The quantitative estimate of drug-likeness (QED) is 0.257. The predicted octanol–water partition coefficient (Wildman–Crippen LogP) is 1.37. The molecule has 0 aliphatic carbocycles. The van der Waals surface area contributed by atoms with Crippen LogP contribution in [-0.4, -0.2) is 79.6 Å². The van der Waals surface area contributed by atoms with Gasteiger partial charge < -0.3 is 15.0 Å². The van der Waals surface area contributed by atoms with Gasteiger partial charge in [0.1, 0.15) is 16.5 Å². The zero-order chi connectivity index (χ0) is 28.5. The first kappa shape index (κ1) is 26.2. The molecule has 6 rings (SSSR count). The lowest BCUT2D eigenvalue weighted by atomic mass is 10.1. The Morgan fingerprint density at radius 3 is 2.78 bits per heavy atom. The third-order valence-corrected chi connectivity index (χ3v) is 7.65. The molecule has 3 aromatic heterocycles. The van der Waals surface area contributed by atoms with E-state index in [2.05, 4.69) is 36.2 Å². The van der Waals surface area contributed by atoms with E-state index < -0.39 is 5.97 Å². The monoisotopic (exact) mass is 575 g/mol. The van der Waals surface area contributed by atoms with Gasteiger partial charge in [0.2, 0.25) is 23.6 Å². The van der Waals surface area contributed by atoms with Crippen molar-refractivity contribution in [3.05, 3.63) is 46.0 Å². The summed E-state index contributed by atoms with van der Waals surface area (Å²) >= 11 is 1.12. The van der Waals surface area contributed by atoms with E-state index in [1.165, 1.54) is 0 Å². The maximum Gasteiger partial charge on any atom is 0.350 e. The highest BCUT2D eigenvalue weighted by molar-refractivity contribution is 7.17. The number of hydrogen-bond donors (Lipinski definition) is 3. The van der Waals surface area contributed by atoms with Crippen LogP contribution >= 0.6 is 11.3 Å². The number of amides is 2. The molecule has 3 N–H and O–H groups in total. The lowest BCUT2D eigenvalue weighted by Crippen LogP contribution is -2.48. The number of nitrogens with one attached hydrogen (secondary N) is 3. The number of rotatable bonds is 8. The molecule has 4 aromatic rings. The van der Waals surface area contributed by atoms with Crippen LogP contribution in [0.25, 0.3) is 11.4 Å². The number of anilines is 4. The molecule has 2 aliphatic heterocycles. The van der Waals surface area contributed by atoms with Gasteiger partial charge in [-0.05, 0) is 24.6 Å². The number of fused-ring (bicyclic) bond motifs is 1. The SMILES string of the molecule is CCOC(=O)c1sc(Nc2nc(N3CCNC(=O)C3)c3c(n2)N(Cc2ccccc2-c2nn[nH]n2)C(=O)C3)nc1C. The van der Waals surface area contributed by atoms with Gasteiger partial charge in [-0.1, -0.05) is 35.6 Å². The number of hydrogen-bond acceptors (Lipinski definition) is 13. The topological polar surface area (TPSA) is 184 Å². The van der Waals surface area contributed by atoms with E-state index in [9.17, 15) is 14.4 Å². The number of carbonyl (C=O) groups excluding carboxylic acids is 3. The maximum absolute atomic E-state index is 13.4. The number of nitrogens with zero attached hydrogens (tertiary/aromatic N) is 8. The largest absolute Gasteiger partial charge is 0.462 e. The Bertz CT molecular complexity index is 1640. The molecule has 1 saturated heterocycles. The molecule has 210 valence electrons. The fourth-order valence-corrected chi connectivity index (χ4v) is 5.61. The smallest absolute Gasteiger partial charge is 0.350 e. The molecule has 5 heterocycles. The molecule has 0 spiro atoms. The van der Waals surface area contributed by atoms with Crippen LogP contribution in [0.5, 0.6) is 0 Å². The summed E-state index contributed by atoms with van der Waals surface area (Å²) in [6.45, 7) is 4.98. The summed E-state index contributed by atoms with van der Waals surface area (Å²) in [7, 11) is 0. The molecule has 1 aromatic carbocycles. The van der Waals surface area contributed by atoms with Crippen molar-refractivity contribution < 1.29 is 19.1 Å². The third kappa shape index (κ3) is 5.16. The van der Waals surface area contributed by atoms with E-state index in [-0.39, 0.29) is 43.9 Å². The number of piperazine rings is 1. The fraction of sp³-hybridized carbons (Fsp3) is 0.320. The van der Waals surface area contributed by atoms with Crippen LogP contribution in [0.15, 0.2) is 24.3 Å². The van der Waals surface area contributed by atoms with Gasteiger partial charge >= 0.3 is 5.97 Å². The lowest BCUT2D eigenvalue weighted by Gasteiger charge is -2.29. The van der Waals surface area contributed by atoms with Gasteiger partial charge in [-0.15, -0.1) is 10.2 Å². The van der Waals surface area contributed by atoms with Crippen molar-refractivity contribution >= 4 is 51.8 Å². The summed E-state index contributed by atoms with van der Waals surface area (Å²) in [6.07, 6.45) is 0.0802. The first-order chi connectivity index (χ1) is 19.9. The molecule has 2 aliphatic rings. The van der Waals surface area contributed by atoms with Gasteiger partial charge in [0.15, 0.2) is 5.13 Å². The van der Waals surface area contributed by atoms with Crippen molar-refractivity contribution in [3.63, 3.8) is 0 Å². The second kappa shape index (κ2) is 10.9. The highest BCUT2D eigenvalue weighted by Gasteiger charge is 2.36. The zero-order valence-corrected chi connectivity index (χ0v) is 23.0. The Morgan fingerprint density at radius 1 is 1.17 bits per heavy atom. The standard InChI is InChI=1S/C25H25N11O4S/c1-3-40-23(39)19-13(2)27-25(41-19)30-24-28-21(35-9-8-26-17(37)12-35)16-10-18(38)36(22(16)29-24)11-14-6-4-5-7-15(14)20-31-33-34-32-20/h4-7H,3,8-12H2,1-2H3,(H,26,37)(H,27,28,29,30)(H,31,32,33,34). The highest BCUT2D eigenvalue weighted by Crippen LogP contribution is 2.37.